The minimum absolute atomic E-state index is 0.344. The molecule has 0 heterocycles. The van der Waals surface area contributed by atoms with E-state index >= 15 is 0 Å². The van der Waals surface area contributed by atoms with Gasteiger partial charge in [-0.3, -0.25) is 4.79 Å². The minimum atomic E-state index is -1.03. The number of rotatable bonds is 7. The maximum Gasteiger partial charge on any atom is 0.326 e. The van der Waals surface area contributed by atoms with Crippen LogP contribution in [-0.2, 0) is 4.79 Å². The highest BCUT2D eigenvalue weighted by molar-refractivity contribution is 5.96. The maximum absolute atomic E-state index is 11.9. The van der Waals surface area contributed by atoms with E-state index < -0.39 is 17.9 Å². The first-order chi connectivity index (χ1) is 9.43. The number of ether oxygens (including phenoxy) is 1. The van der Waals surface area contributed by atoms with Crippen molar-refractivity contribution in [2.75, 3.05) is 6.61 Å². The van der Waals surface area contributed by atoms with Gasteiger partial charge in [0.2, 0.25) is 0 Å². The molecule has 0 aliphatic heterocycles. The van der Waals surface area contributed by atoms with Crippen LogP contribution in [0.25, 0.3) is 0 Å². The van der Waals surface area contributed by atoms with Crippen LogP contribution >= 0.6 is 0 Å². The predicted octanol–water partition coefficient (Wildman–Crippen LogP) is 2.31. The molecule has 0 bridgehead atoms. The third-order valence-corrected chi connectivity index (χ3v) is 2.71. The van der Waals surface area contributed by atoms with Crippen molar-refractivity contribution in [3.63, 3.8) is 0 Å². The quantitative estimate of drug-likeness (QED) is 0.803. The second-order valence-corrected chi connectivity index (χ2v) is 5.00. The number of nitrogens with one attached hydrogen (secondary N) is 1. The van der Waals surface area contributed by atoms with Gasteiger partial charge in [0.25, 0.3) is 5.91 Å². The number of amides is 1. The first-order valence-corrected chi connectivity index (χ1v) is 6.70. The summed E-state index contributed by atoms with van der Waals surface area (Å²) in [7, 11) is 0. The third-order valence-electron chi connectivity index (χ3n) is 2.71. The van der Waals surface area contributed by atoms with Crippen LogP contribution in [0.5, 0.6) is 5.75 Å². The fourth-order valence-electron chi connectivity index (χ4n) is 1.55. The van der Waals surface area contributed by atoms with Gasteiger partial charge in [-0.05, 0) is 36.6 Å². The lowest BCUT2D eigenvalue weighted by Crippen LogP contribution is -2.40. The Hall–Kier alpha value is -2.04. The van der Waals surface area contributed by atoms with Gasteiger partial charge in [-0.15, -0.1) is 0 Å². The molecule has 0 saturated carbocycles. The second-order valence-electron chi connectivity index (χ2n) is 5.00. The average Bonchev–Trinajstić information content (AvgIpc) is 2.42. The van der Waals surface area contributed by atoms with Gasteiger partial charge in [-0.25, -0.2) is 4.79 Å². The molecule has 5 nitrogen and oxygen atoms in total. The van der Waals surface area contributed by atoms with Crippen molar-refractivity contribution in [2.45, 2.75) is 33.2 Å². The van der Waals surface area contributed by atoms with Gasteiger partial charge in [0, 0.05) is 5.56 Å². The molecule has 1 aromatic rings. The van der Waals surface area contributed by atoms with Crippen LogP contribution in [0.15, 0.2) is 24.3 Å². The maximum atomic E-state index is 11.9. The van der Waals surface area contributed by atoms with E-state index in [9.17, 15) is 9.59 Å². The van der Waals surface area contributed by atoms with Gasteiger partial charge in [0.15, 0.2) is 0 Å². The summed E-state index contributed by atoms with van der Waals surface area (Å²) in [4.78, 5) is 22.7. The highest BCUT2D eigenvalue weighted by atomic mass is 16.5. The molecule has 0 aromatic heterocycles. The number of carboxylic acids is 1. The summed E-state index contributed by atoms with van der Waals surface area (Å²) >= 11 is 0. The molecule has 0 fully saturated rings. The number of carboxylic acid groups (broad SMARTS) is 1. The van der Waals surface area contributed by atoms with Crippen LogP contribution in [-0.4, -0.2) is 29.6 Å². The summed E-state index contributed by atoms with van der Waals surface area (Å²) in [6, 6.07) is 5.80. The summed E-state index contributed by atoms with van der Waals surface area (Å²) in [5.74, 6) is -0.299. The highest BCUT2D eigenvalue weighted by Crippen LogP contribution is 2.13. The fourth-order valence-corrected chi connectivity index (χ4v) is 1.55. The molecule has 20 heavy (non-hydrogen) atoms. The van der Waals surface area contributed by atoms with Crippen LogP contribution in [0.1, 0.15) is 37.6 Å². The largest absolute Gasteiger partial charge is 0.493 e. The molecular weight excluding hydrogens is 258 g/mol. The summed E-state index contributed by atoms with van der Waals surface area (Å²) in [6.45, 7) is 6.43. The monoisotopic (exact) mass is 279 g/mol. The molecule has 0 aliphatic carbocycles. The Balaban J connectivity index is 2.63. The minimum Gasteiger partial charge on any atom is -0.493 e. The number of hydrogen-bond acceptors (Lipinski definition) is 3. The first-order valence-electron chi connectivity index (χ1n) is 6.70. The zero-order valence-electron chi connectivity index (χ0n) is 12.1. The van der Waals surface area contributed by atoms with Crippen molar-refractivity contribution in [1.82, 2.24) is 5.32 Å². The van der Waals surface area contributed by atoms with Crippen LogP contribution in [0.3, 0.4) is 0 Å². The Bertz CT molecular complexity index is 453. The van der Waals surface area contributed by atoms with Gasteiger partial charge in [0.05, 0.1) is 6.61 Å². The Morgan fingerprint density at radius 1 is 1.25 bits per heavy atom. The van der Waals surface area contributed by atoms with E-state index in [0.29, 0.717) is 30.3 Å². The van der Waals surface area contributed by atoms with E-state index in [1.807, 2.05) is 0 Å². The van der Waals surface area contributed by atoms with E-state index in [-0.39, 0.29) is 0 Å². The molecule has 1 rings (SSSR count). The molecule has 0 radical (unpaired) electrons. The zero-order valence-corrected chi connectivity index (χ0v) is 12.1. The standard InChI is InChI=1S/C15H21NO4/c1-4-13(15(18)19)16-14(17)11-5-7-12(8-6-11)20-9-10(2)3/h5-8,10,13H,4,9H2,1-3H3,(H,16,17)(H,18,19)/t13-/m1/s1. The summed E-state index contributed by atoms with van der Waals surface area (Å²) < 4.78 is 5.52. The molecule has 1 aromatic carbocycles. The summed E-state index contributed by atoms with van der Waals surface area (Å²) in [5.41, 5.74) is 0.418. The van der Waals surface area contributed by atoms with Crippen molar-refractivity contribution in [3.8, 4) is 5.75 Å². The molecule has 5 heteroatoms. The highest BCUT2D eigenvalue weighted by Gasteiger charge is 2.18. The van der Waals surface area contributed by atoms with E-state index in [0.717, 1.165) is 0 Å². The normalized spacial score (nSPS) is 12.0. The Morgan fingerprint density at radius 2 is 1.85 bits per heavy atom. The second kappa shape index (κ2) is 7.53. The Labute approximate surface area is 118 Å². The third kappa shape index (κ3) is 4.91. The molecule has 0 unspecified atom stereocenters. The molecule has 0 aliphatic rings. The number of carbonyl (C=O) groups is 2. The van der Waals surface area contributed by atoms with Crippen molar-refractivity contribution in [1.29, 1.82) is 0 Å². The van der Waals surface area contributed by atoms with Gasteiger partial charge in [-0.1, -0.05) is 20.8 Å². The topological polar surface area (TPSA) is 75.6 Å². The SMILES string of the molecule is CC[C@@H](NC(=O)c1ccc(OCC(C)C)cc1)C(=O)O. The van der Waals surface area contributed by atoms with Crippen LogP contribution < -0.4 is 10.1 Å². The molecule has 110 valence electrons. The van der Waals surface area contributed by atoms with E-state index in [1.54, 1.807) is 31.2 Å². The van der Waals surface area contributed by atoms with E-state index in [1.165, 1.54) is 0 Å². The van der Waals surface area contributed by atoms with E-state index in [4.69, 9.17) is 9.84 Å². The fraction of sp³-hybridized carbons (Fsp3) is 0.467. The zero-order chi connectivity index (χ0) is 15.1. The van der Waals surface area contributed by atoms with Gasteiger partial charge < -0.3 is 15.2 Å². The number of hydrogen-bond donors (Lipinski definition) is 2. The van der Waals surface area contributed by atoms with Gasteiger partial charge >= 0.3 is 5.97 Å². The van der Waals surface area contributed by atoms with Crippen LogP contribution in [0.2, 0.25) is 0 Å². The number of aliphatic carboxylic acids is 1. The lowest BCUT2D eigenvalue weighted by Gasteiger charge is -2.13. The number of benzene rings is 1. The van der Waals surface area contributed by atoms with Crippen molar-refractivity contribution < 1.29 is 19.4 Å². The van der Waals surface area contributed by atoms with Gasteiger partial charge in [0.1, 0.15) is 11.8 Å². The molecule has 1 amide bonds. The predicted molar refractivity (Wildman–Crippen MR) is 76.0 cm³/mol. The Kier molecular flexibility index (Phi) is 6.03. The first kappa shape index (κ1) is 16.0. The number of carbonyl (C=O) groups excluding carboxylic acids is 1. The van der Waals surface area contributed by atoms with Crippen molar-refractivity contribution in [3.05, 3.63) is 29.8 Å². The molecular formula is C15H21NO4. The smallest absolute Gasteiger partial charge is 0.326 e. The van der Waals surface area contributed by atoms with Crippen molar-refractivity contribution in [2.24, 2.45) is 5.92 Å². The Morgan fingerprint density at radius 3 is 2.30 bits per heavy atom. The van der Waals surface area contributed by atoms with E-state index in [2.05, 4.69) is 19.2 Å². The lowest BCUT2D eigenvalue weighted by molar-refractivity contribution is -0.139. The van der Waals surface area contributed by atoms with Crippen molar-refractivity contribution >= 4 is 11.9 Å². The average molecular weight is 279 g/mol. The molecule has 0 saturated heterocycles. The molecule has 2 N–H and O–H groups in total. The summed E-state index contributed by atoms with van der Waals surface area (Å²) in [5, 5.41) is 11.4. The van der Waals surface area contributed by atoms with Crippen LogP contribution in [0.4, 0.5) is 0 Å². The lowest BCUT2D eigenvalue weighted by atomic mass is 10.1. The van der Waals surface area contributed by atoms with Gasteiger partial charge in [-0.2, -0.15) is 0 Å². The molecule has 0 spiro atoms. The summed E-state index contributed by atoms with van der Waals surface area (Å²) in [6.07, 6.45) is 0.344. The molecule has 1 atom stereocenters. The van der Waals surface area contributed by atoms with Crippen LogP contribution in [0, 0.1) is 5.92 Å².